The van der Waals surface area contributed by atoms with Crippen molar-refractivity contribution in [1.29, 1.82) is 5.26 Å². The molecule has 246 valence electrons. The fraction of sp³-hybridized carbons (Fsp3) is 0.324. The van der Waals surface area contributed by atoms with Gasteiger partial charge in [0.05, 0.1) is 59.0 Å². The summed E-state index contributed by atoms with van der Waals surface area (Å²) >= 11 is 0. The van der Waals surface area contributed by atoms with E-state index in [-0.39, 0.29) is 18.1 Å². The highest BCUT2D eigenvalue weighted by atomic mass is 19.1. The Kier molecular flexibility index (Phi) is 9.37. The molecule has 0 aliphatic carbocycles. The topological polar surface area (TPSA) is 111 Å². The molecule has 0 spiro atoms. The molecule has 4 heterocycles. The number of nitriles is 1. The van der Waals surface area contributed by atoms with E-state index >= 15 is 0 Å². The Hall–Kier alpha value is -5.34. The van der Waals surface area contributed by atoms with Crippen molar-refractivity contribution in [2.45, 2.75) is 66.0 Å². The fourth-order valence-electron chi connectivity index (χ4n) is 5.71. The van der Waals surface area contributed by atoms with Crippen molar-refractivity contribution >= 4 is 22.6 Å². The molecular weight excluding hydrogens is 609 g/mol. The first-order valence-corrected chi connectivity index (χ1v) is 16.0. The second kappa shape index (κ2) is 13.8. The lowest BCUT2D eigenvalue weighted by Gasteiger charge is -2.26. The molecule has 11 heteroatoms. The molecular formula is C37H38FN7O3. The van der Waals surface area contributed by atoms with Gasteiger partial charge in [0.25, 0.3) is 0 Å². The normalized spacial score (nSPS) is 13.7. The second-order valence-corrected chi connectivity index (χ2v) is 12.8. The van der Waals surface area contributed by atoms with Gasteiger partial charge in [-0.1, -0.05) is 18.2 Å². The van der Waals surface area contributed by atoms with Crippen molar-refractivity contribution in [2.75, 3.05) is 13.1 Å². The van der Waals surface area contributed by atoms with Crippen LogP contribution in [-0.2, 0) is 31.0 Å². The number of aryl methyl sites for hydroxylation is 1. The molecule has 0 unspecified atom stereocenters. The average molecular weight is 648 g/mol. The van der Waals surface area contributed by atoms with Gasteiger partial charge in [0.1, 0.15) is 23.8 Å². The maximum Gasteiger partial charge on any atom is 0.338 e. The minimum absolute atomic E-state index is 0.0140. The van der Waals surface area contributed by atoms with Gasteiger partial charge < -0.3 is 18.6 Å². The minimum atomic E-state index is -0.596. The zero-order valence-corrected chi connectivity index (χ0v) is 27.6. The van der Waals surface area contributed by atoms with Gasteiger partial charge in [0, 0.05) is 37.5 Å². The number of carbonyl (C=O) groups is 1. The SMILES string of the molecule is CCn1cncc1Cn1c(CN2CC=C(c3cccc(OCc4ccc(C#N)cc4F)n3)CC2)nc2ccc(C(=O)OC(C)(C)C)cc21. The molecule has 1 aliphatic heterocycles. The smallest absolute Gasteiger partial charge is 0.338 e. The zero-order chi connectivity index (χ0) is 33.8. The van der Waals surface area contributed by atoms with E-state index in [9.17, 15) is 9.18 Å². The van der Waals surface area contributed by atoms with Gasteiger partial charge in [-0.15, -0.1) is 0 Å². The van der Waals surface area contributed by atoms with Gasteiger partial charge >= 0.3 is 5.97 Å². The quantitative estimate of drug-likeness (QED) is 0.157. The van der Waals surface area contributed by atoms with E-state index in [1.165, 1.54) is 6.07 Å². The van der Waals surface area contributed by atoms with Crippen LogP contribution in [0.15, 0.2) is 73.2 Å². The highest BCUT2D eigenvalue weighted by Crippen LogP contribution is 2.26. The van der Waals surface area contributed by atoms with E-state index in [4.69, 9.17) is 19.7 Å². The molecule has 5 aromatic rings. The Morgan fingerprint density at radius 1 is 1.08 bits per heavy atom. The van der Waals surface area contributed by atoms with Gasteiger partial charge in [-0.3, -0.25) is 4.90 Å². The number of nitrogens with zero attached hydrogens (tertiary/aromatic N) is 7. The Labute approximate surface area is 279 Å². The summed E-state index contributed by atoms with van der Waals surface area (Å²) in [7, 11) is 0. The summed E-state index contributed by atoms with van der Waals surface area (Å²) in [5.41, 5.74) is 5.19. The van der Waals surface area contributed by atoms with E-state index in [1.807, 2.05) is 63.6 Å². The number of benzene rings is 2. The molecule has 0 radical (unpaired) electrons. The van der Waals surface area contributed by atoms with Crippen molar-refractivity contribution in [3.63, 3.8) is 0 Å². The predicted molar refractivity (Wildman–Crippen MR) is 179 cm³/mol. The molecule has 0 amide bonds. The Bertz CT molecular complexity index is 2030. The molecule has 48 heavy (non-hydrogen) atoms. The summed E-state index contributed by atoms with van der Waals surface area (Å²) in [6.07, 6.45) is 6.66. The van der Waals surface area contributed by atoms with Gasteiger partial charge in [-0.05, 0) is 76.1 Å². The summed E-state index contributed by atoms with van der Waals surface area (Å²) in [5.74, 6) is 0.463. The number of rotatable bonds is 10. The minimum Gasteiger partial charge on any atom is -0.473 e. The monoisotopic (exact) mass is 647 g/mol. The van der Waals surface area contributed by atoms with Crippen LogP contribution in [0.4, 0.5) is 4.39 Å². The molecule has 0 saturated carbocycles. The van der Waals surface area contributed by atoms with E-state index < -0.39 is 11.4 Å². The molecule has 1 aliphatic rings. The van der Waals surface area contributed by atoms with Crippen LogP contribution < -0.4 is 4.74 Å². The molecule has 2 aromatic carbocycles. The molecule has 0 fully saturated rings. The highest BCUT2D eigenvalue weighted by Gasteiger charge is 2.22. The van der Waals surface area contributed by atoms with Crippen LogP contribution in [0.3, 0.4) is 0 Å². The number of imidazole rings is 2. The average Bonchev–Trinajstić information content (AvgIpc) is 3.67. The van der Waals surface area contributed by atoms with E-state index in [2.05, 4.69) is 37.0 Å². The van der Waals surface area contributed by atoms with Crippen LogP contribution in [0.2, 0.25) is 0 Å². The number of esters is 1. The first kappa shape index (κ1) is 32.6. The third-order valence-electron chi connectivity index (χ3n) is 8.19. The summed E-state index contributed by atoms with van der Waals surface area (Å²) in [5, 5.41) is 8.98. The lowest BCUT2D eigenvalue weighted by Crippen LogP contribution is -2.29. The number of aromatic nitrogens is 5. The Balaban J connectivity index is 1.19. The zero-order valence-electron chi connectivity index (χ0n) is 27.6. The number of pyridine rings is 1. The van der Waals surface area contributed by atoms with Crippen LogP contribution in [0.25, 0.3) is 16.6 Å². The van der Waals surface area contributed by atoms with Crippen molar-refractivity contribution in [3.8, 4) is 11.9 Å². The number of hydrogen-bond acceptors (Lipinski definition) is 8. The largest absolute Gasteiger partial charge is 0.473 e. The Morgan fingerprint density at radius 2 is 1.94 bits per heavy atom. The van der Waals surface area contributed by atoms with Crippen LogP contribution in [-0.4, -0.2) is 53.6 Å². The van der Waals surface area contributed by atoms with Crippen LogP contribution >= 0.6 is 0 Å². The molecule has 0 bridgehead atoms. The molecule has 0 atom stereocenters. The summed E-state index contributed by atoms with van der Waals surface area (Å²) < 4.78 is 30.1. The van der Waals surface area contributed by atoms with Crippen molar-refractivity contribution in [1.82, 2.24) is 29.0 Å². The molecule has 0 N–H and O–H groups in total. The van der Waals surface area contributed by atoms with E-state index in [1.54, 1.807) is 24.3 Å². The summed E-state index contributed by atoms with van der Waals surface area (Å²) in [6, 6.07) is 17.4. The second-order valence-electron chi connectivity index (χ2n) is 12.8. The molecule has 10 nitrogen and oxygen atoms in total. The maximum absolute atomic E-state index is 14.3. The fourth-order valence-corrected chi connectivity index (χ4v) is 5.71. The molecule has 0 saturated heterocycles. The summed E-state index contributed by atoms with van der Waals surface area (Å²) in [6.45, 7) is 11.2. The van der Waals surface area contributed by atoms with Crippen molar-refractivity contribution < 1.29 is 18.7 Å². The molecule has 3 aromatic heterocycles. The van der Waals surface area contributed by atoms with Crippen LogP contribution in [0.1, 0.15) is 72.8 Å². The molecule has 6 rings (SSSR count). The van der Waals surface area contributed by atoms with Crippen molar-refractivity contribution in [2.24, 2.45) is 0 Å². The third-order valence-corrected chi connectivity index (χ3v) is 8.19. The number of carbonyl (C=O) groups excluding carboxylic acids is 1. The predicted octanol–water partition coefficient (Wildman–Crippen LogP) is 6.53. The van der Waals surface area contributed by atoms with Gasteiger partial charge in [0.15, 0.2) is 0 Å². The number of fused-ring (bicyclic) bond motifs is 1. The Morgan fingerprint density at radius 3 is 2.67 bits per heavy atom. The lowest BCUT2D eigenvalue weighted by atomic mass is 10.0. The lowest BCUT2D eigenvalue weighted by molar-refractivity contribution is 0.00696. The maximum atomic E-state index is 14.3. The van der Waals surface area contributed by atoms with Gasteiger partial charge in [-0.25, -0.2) is 24.1 Å². The highest BCUT2D eigenvalue weighted by molar-refractivity contribution is 5.94. The first-order valence-electron chi connectivity index (χ1n) is 16.0. The number of ether oxygens (including phenoxy) is 2. The van der Waals surface area contributed by atoms with Crippen LogP contribution in [0.5, 0.6) is 5.88 Å². The van der Waals surface area contributed by atoms with E-state index in [0.29, 0.717) is 36.6 Å². The number of halogens is 1. The number of hydrogen-bond donors (Lipinski definition) is 0. The van der Waals surface area contributed by atoms with Crippen molar-refractivity contribution in [3.05, 3.63) is 113 Å². The van der Waals surface area contributed by atoms with Gasteiger partial charge in [-0.2, -0.15) is 5.26 Å². The van der Waals surface area contributed by atoms with E-state index in [0.717, 1.165) is 53.3 Å². The summed E-state index contributed by atoms with van der Waals surface area (Å²) in [4.78, 5) is 29.3. The first-order chi connectivity index (χ1) is 23.1. The third kappa shape index (κ3) is 7.45. The van der Waals surface area contributed by atoms with Crippen LogP contribution in [0, 0.1) is 17.1 Å². The standard InChI is InChI=1S/C37H38FN7O3/c1-5-44-24-40-20-29(44)21-45-33-18-27(36(46)48-37(2,3)4)11-12-32(33)41-34(45)22-43-15-13-26(14-16-43)31-7-6-8-35(42-31)47-23-28-10-9-25(19-39)17-30(28)38/h6-13,17-18,20,24H,5,14-16,21-23H2,1-4H3. The van der Waals surface area contributed by atoms with Gasteiger partial charge in [0.2, 0.25) is 5.88 Å².